The molecule has 2 saturated heterocycles. The van der Waals surface area contributed by atoms with Crippen LogP contribution in [0.2, 0.25) is 0 Å². The van der Waals surface area contributed by atoms with Crippen LogP contribution < -0.4 is 5.32 Å². The average molecular weight is 423 g/mol. The topological polar surface area (TPSA) is 59.4 Å². The number of nitrogens with one attached hydrogen (secondary N) is 1. The van der Waals surface area contributed by atoms with Crippen LogP contribution in [0.5, 0.6) is 0 Å². The summed E-state index contributed by atoms with van der Waals surface area (Å²) in [7, 11) is 0. The molecule has 3 aliphatic rings. The maximum Gasteiger partial charge on any atom is 0.274 e. The molecule has 166 valence electrons. The number of hydrogen-bond acceptors (Lipinski definition) is 4. The Morgan fingerprint density at radius 2 is 1.84 bits per heavy atom. The van der Waals surface area contributed by atoms with Crippen molar-refractivity contribution in [2.45, 2.75) is 57.4 Å². The van der Waals surface area contributed by atoms with E-state index in [1.54, 1.807) is 0 Å². The highest BCUT2D eigenvalue weighted by Crippen LogP contribution is 2.29. The molecule has 0 spiro atoms. The van der Waals surface area contributed by atoms with Gasteiger partial charge in [-0.2, -0.15) is 5.10 Å². The molecule has 6 nitrogen and oxygen atoms in total. The minimum atomic E-state index is 0.121. The Bertz CT molecular complexity index is 882. The Hall–Kier alpha value is -2.18. The van der Waals surface area contributed by atoms with Crippen LogP contribution in [-0.4, -0.2) is 59.5 Å². The van der Waals surface area contributed by atoms with E-state index in [0.29, 0.717) is 17.7 Å². The van der Waals surface area contributed by atoms with Crippen LogP contribution in [-0.2, 0) is 17.6 Å². The summed E-state index contributed by atoms with van der Waals surface area (Å²) in [6.07, 6.45) is 8.65. The van der Waals surface area contributed by atoms with Crippen LogP contribution in [0.25, 0.3) is 5.69 Å². The monoisotopic (exact) mass is 422 g/mol. The van der Waals surface area contributed by atoms with Crippen molar-refractivity contribution in [1.82, 2.24) is 20.0 Å². The molecule has 2 aliphatic heterocycles. The van der Waals surface area contributed by atoms with Crippen molar-refractivity contribution in [3.63, 3.8) is 0 Å². The molecule has 31 heavy (non-hydrogen) atoms. The molecule has 1 aliphatic carbocycles. The summed E-state index contributed by atoms with van der Waals surface area (Å²) in [4.78, 5) is 15.5. The third-order valence-electron chi connectivity index (χ3n) is 7.15. The molecule has 6 heteroatoms. The van der Waals surface area contributed by atoms with E-state index in [1.165, 1.54) is 12.1 Å². The number of para-hydroxylation sites is 1. The van der Waals surface area contributed by atoms with E-state index in [0.717, 1.165) is 89.0 Å². The largest absolute Gasteiger partial charge is 0.381 e. The molecule has 2 aromatic rings. The predicted molar refractivity (Wildman–Crippen MR) is 121 cm³/mol. The van der Waals surface area contributed by atoms with E-state index in [2.05, 4.69) is 17.4 Å². The number of piperidine rings is 1. The van der Waals surface area contributed by atoms with E-state index in [4.69, 9.17) is 9.84 Å². The van der Waals surface area contributed by atoms with Crippen molar-refractivity contribution < 1.29 is 9.53 Å². The highest BCUT2D eigenvalue weighted by atomic mass is 16.5. The molecule has 3 heterocycles. The molecule has 1 amide bonds. The number of likely N-dealkylation sites (tertiary alicyclic amines) is 1. The fourth-order valence-electron chi connectivity index (χ4n) is 5.28. The number of aromatic nitrogens is 2. The van der Waals surface area contributed by atoms with E-state index >= 15 is 0 Å². The van der Waals surface area contributed by atoms with Crippen molar-refractivity contribution in [3.8, 4) is 5.69 Å². The Kier molecular flexibility index (Phi) is 6.37. The second-order valence-corrected chi connectivity index (χ2v) is 9.28. The molecular formula is C25H34N4O2. The van der Waals surface area contributed by atoms with Gasteiger partial charge in [-0.3, -0.25) is 4.79 Å². The second-order valence-electron chi connectivity index (χ2n) is 9.28. The van der Waals surface area contributed by atoms with Gasteiger partial charge in [0.25, 0.3) is 5.91 Å². The van der Waals surface area contributed by atoms with E-state index in [9.17, 15) is 4.79 Å². The number of nitrogens with zero attached hydrogens (tertiary/aromatic N) is 3. The van der Waals surface area contributed by atoms with Gasteiger partial charge in [0.2, 0.25) is 0 Å². The SMILES string of the molecule is O=C(c1nn(-c2ccccc2)c2c1CC(NCC1CCOCC1)CC2)N1CCCCC1. The lowest BCUT2D eigenvalue weighted by Crippen LogP contribution is -2.40. The number of benzene rings is 1. The Morgan fingerprint density at radius 1 is 1.06 bits per heavy atom. The van der Waals surface area contributed by atoms with Gasteiger partial charge in [0.05, 0.1) is 5.69 Å². The van der Waals surface area contributed by atoms with Gasteiger partial charge in [0.15, 0.2) is 5.69 Å². The summed E-state index contributed by atoms with van der Waals surface area (Å²) in [5, 5.41) is 8.71. The van der Waals surface area contributed by atoms with Gasteiger partial charge < -0.3 is 15.0 Å². The van der Waals surface area contributed by atoms with Crippen LogP contribution in [0.15, 0.2) is 30.3 Å². The van der Waals surface area contributed by atoms with Gasteiger partial charge in [-0.15, -0.1) is 0 Å². The average Bonchev–Trinajstić information content (AvgIpc) is 3.23. The molecule has 0 bridgehead atoms. The molecule has 2 fully saturated rings. The molecule has 0 radical (unpaired) electrons. The lowest BCUT2D eigenvalue weighted by molar-refractivity contribution is 0.0652. The molecule has 5 rings (SSSR count). The summed E-state index contributed by atoms with van der Waals surface area (Å²) >= 11 is 0. The highest BCUT2D eigenvalue weighted by molar-refractivity contribution is 5.94. The highest BCUT2D eigenvalue weighted by Gasteiger charge is 2.32. The molecule has 0 saturated carbocycles. The lowest BCUT2D eigenvalue weighted by Gasteiger charge is -2.29. The number of rotatable bonds is 5. The molecule has 1 aromatic carbocycles. The standard InChI is InChI=1S/C25H34N4O2/c30-25(28-13-5-2-6-14-28)24-22-17-20(26-18-19-11-15-31-16-12-19)9-10-23(22)29(27-24)21-7-3-1-4-8-21/h1,3-4,7-8,19-20,26H,2,5-6,9-18H2. The van der Waals surface area contributed by atoms with Crippen LogP contribution in [0.4, 0.5) is 0 Å². The van der Waals surface area contributed by atoms with Gasteiger partial charge in [-0.1, -0.05) is 18.2 Å². The normalized spacial score (nSPS) is 22.3. The van der Waals surface area contributed by atoms with Crippen molar-refractivity contribution in [2.24, 2.45) is 5.92 Å². The van der Waals surface area contributed by atoms with Gasteiger partial charge in [-0.05, 0) is 76.0 Å². The number of carbonyl (C=O) groups excluding carboxylic acids is 1. The Labute approximate surface area is 185 Å². The minimum absolute atomic E-state index is 0.121. The number of ether oxygens (including phenoxy) is 1. The molecular weight excluding hydrogens is 388 g/mol. The lowest BCUT2D eigenvalue weighted by atomic mass is 9.90. The summed E-state index contributed by atoms with van der Waals surface area (Å²) in [6.45, 7) is 4.54. The molecule has 1 unspecified atom stereocenters. The van der Waals surface area contributed by atoms with Gasteiger partial charge in [-0.25, -0.2) is 4.68 Å². The van der Waals surface area contributed by atoms with Gasteiger partial charge >= 0.3 is 0 Å². The van der Waals surface area contributed by atoms with Gasteiger partial charge in [0, 0.05) is 43.6 Å². The number of fused-ring (bicyclic) bond motifs is 1. The third kappa shape index (κ3) is 4.55. The smallest absolute Gasteiger partial charge is 0.274 e. The maximum absolute atomic E-state index is 13.4. The van der Waals surface area contributed by atoms with Crippen molar-refractivity contribution >= 4 is 5.91 Å². The first-order valence-electron chi connectivity index (χ1n) is 12.1. The quantitative estimate of drug-likeness (QED) is 0.803. The first-order chi connectivity index (χ1) is 15.3. The fourth-order valence-corrected chi connectivity index (χ4v) is 5.28. The van der Waals surface area contributed by atoms with Crippen LogP contribution in [0.1, 0.15) is 60.3 Å². The zero-order valence-corrected chi connectivity index (χ0v) is 18.4. The summed E-state index contributed by atoms with van der Waals surface area (Å²) < 4.78 is 7.53. The predicted octanol–water partition coefficient (Wildman–Crippen LogP) is 3.37. The Balaban J connectivity index is 1.39. The second kappa shape index (κ2) is 9.53. The summed E-state index contributed by atoms with van der Waals surface area (Å²) in [6, 6.07) is 10.7. The first kappa shape index (κ1) is 20.7. The van der Waals surface area contributed by atoms with E-state index in [1.807, 2.05) is 27.8 Å². The third-order valence-corrected chi connectivity index (χ3v) is 7.15. The van der Waals surface area contributed by atoms with Crippen molar-refractivity contribution in [2.75, 3.05) is 32.8 Å². The fraction of sp³-hybridized carbons (Fsp3) is 0.600. The maximum atomic E-state index is 13.4. The van der Waals surface area contributed by atoms with Crippen molar-refractivity contribution in [1.29, 1.82) is 0 Å². The van der Waals surface area contributed by atoms with E-state index < -0.39 is 0 Å². The molecule has 1 aromatic heterocycles. The summed E-state index contributed by atoms with van der Waals surface area (Å²) in [5.41, 5.74) is 4.11. The van der Waals surface area contributed by atoms with E-state index in [-0.39, 0.29) is 5.91 Å². The Morgan fingerprint density at radius 3 is 2.61 bits per heavy atom. The number of hydrogen-bond donors (Lipinski definition) is 1. The zero-order valence-electron chi connectivity index (χ0n) is 18.4. The molecule has 1 N–H and O–H groups in total. The van der Waals surface area contributed by atoms with Gasteiger partial charge in [0.1, 0.15) is 0 Å². The number of carbonyl (C=O) groups is 1. The number of amides is 1. The first-order valence-corrected chi connectivity index (χ1v) is 12.1. The zero-order chi connectivity index (χ0) is 21.0. The van der Waals surface area contributed by atoms with Crippen LogP contribution in [0.3, 0.4) is 0 Å². The van der Waals surface area contributed by atoms with Crippen molar-refractivity contribution in [3.05, 3.63) is 47.3 Å². The molecule has 1 atom stereocenters. The van der Waals surface area contributed by atoms with Crippen LogP contribution >= 0.6 is 0 Å². The minimum Gasteiger partial charge on any atom is -0.381 e. The summed E-state index contributed by atoms with van der Waals surface area (Å²) in [5.74, 6) is 0.826. The van der Waals surface area contributed by atoms with Crippen LogP contribution in [0, 0.1) is 5.92 Å².